The fourth-order valence-corrected chi connectivity index (χ4v) is 3.65. The molecule has 2 N–H and O–H groups in total. The zero-order chi connectivity index (χ0) is 19.4. The standard InChI is InChI=1S/C19H22Cl2N4O2/c1-25(17-11-22-10-16(21)23-17)13-7-8-15(20)14(9-13)19(27)24-18(26)12-5-3-2-4-6-12/h7-12,18,26H,2-6H2,1H3,(H,24,27). The highest BCUT2D eigenvalue weighted by Gasteiger charge is 2.24. The number of amides is 1. The van der Waals surface area contributed by atoms with Crippen molar-refractivity contribution in [2.75, 3.05) is 11.9 Å². The van der Waals surface area contributed by atoms with Crippen LogP contribution in [0.5, 0.6) is 0 Å². The van der Waals surface area contributed by atoms with Crippen molar-refractivity contribution < 1.29 is 9.90 Å². The Kier molecular flexibility index (Phi) is 6.52. The van der Waals surface area contributed by atoms with Crippen molar-refractivity contribution >= 4 is 40.6 Å². The Hall–Kier alpha value is -1.89. The molecule has 1 fully saturated rings. The van der Waals surface area contributed by atoms with Gasteiger partial charge in [0.25, 0.3) is 5.91 Å². The van der Waals surface area contributed by atoms with E-state index in [1.54, 1.807) is 36.3 Å². The molecule has 0 saturated heterocycles. The number of aliphatic hydroxyl groups is 1. The van der Waals surface area contributed by atoms with E-state index in [1.807, 2.05) is 0 Å². The molecule has 1 atom stereocenters. The summed E-state index contributed by atoms with van der Waals surface area (Å²) in [5.41, 5.74) is 0.999. The van der Waals surface area contributed by atoms with Crippen molar-refractivity contribution in [1.82, 2.24) is 15.3 Å². The van der Waals surface area contributed by atoms with Crippen LogP contribution in [0.1, 0.15) is 42.5 Å². The Morgan fingerprint density at radius 3 is 2.70 bits per heavy atom. The van der Waals surface area contributed by atoms with Crippen molar-refractivity contribution in [3.63, 3.8) is 0 Å². The summed E-state index contributed by atoms with van der Waals surface area (Å²) < 4.78 is 0. The van der Waals surface area contributed by atoms with E-state index in [1.165, 1.54) is 12.6 Å². The Labute approximate surface area is 168 Å². The second-order valence-corrected chi connectivity index (χ2v) is 7.53. The summed E-state index contributed by atoms with van der Waals surface area (Å²) in [6.07, 6.45) is 7.35. The molecule has 0 radical (unpaired) electrons. The molecule has 0 spiro atoms. The lowest BCUT2D eigenvalue weighted by Gasteiger charge is -2.27. The first kappa shape index (κ1) is 19.9. The fraction of sp³-hybridized carbons (Fsp3) is 0.421. The van der Waals surface area contributed by atoms with Crippen LogP contribution in [0.2, 0.25) is 10.2 Å². The molecule has 0 aliphatic heterocycles. The molecular weight excluding hydrogens is 387 g/mol. The van der Waals surface area contributed by atoms with Crippen LogP contribution in [0.3, 0.4) is 0 Å². The van der Waals surface area contributed by atoms with Crippen molar-refractivity contribution in [2.45, 2.75) is 38.3 Å². The molecular formula is C19H22Cl2N4O2. The molecule has 3 rings (SSSR count). The first-order valence-corrected chi connectivity index (χ1v) is 9.71. The first-order chi connectivity index (χ1) is 13.0. The van der Waals surface area contributed by atoms with E-state index in [0.717, 1.165) is 25.7 Å². The number of hydrogen-bond donors (Lipinski definition) is 2. The van der Waals surface area contributed by atoms with Crippen LogP contribution in [-0.2, 0) is 0 Å². The summed E-state index contributed by atoms with van der Waals surface area (Å²) in [7, 11) is 1.79. The van der Waals surface area contributed by atoms with E-state index < -0.39 is 12.1 Å². The van der Waals surface area contributed by atoms with Gasteiger partial charge in [-0.25, -0.2) is 4.98 Å². The number of carbonyl (C=O) groups excluding carboxylic acids is 1. The number of carbonyl (C=O) groups is 1. The minimum Gasteiger partial charge on any atom is -0.373 e. The van der Waals surface area contributed by atoms with Crippen molar-refractivity contribution in [1.29, 1.82) is 0 Å². The topological polar surface area (TPSA) is 78.4 Å². The van der Waals surface area contributed by atoms with Gasteiger partial charge in [-0.2, -0.15) is 0 Å². The van der Waals surface area contributed by atoms with Crippen molar-refractivity contribution in [3.05, 3.63) is 46.3 Å². The smallest absolute Gasteiger partial charge is 0.254 e. The average Bonchev–Trinajstić information content (AvgIpc) is 2.68. The number of nitrogens with zero attached hydrogens (tertiary/aromatic N) is 3. The van der Waals surface area contributed by atoms with Gasteiger partial charge in [-0.1, -0.05) is 42.5 Å². The van der Waals surface area contributed by atoms with Gasteiger partial charge in [-0.05, 0) is 31.0 Å². The van der Waals surface area contributed by atoms with Crippen LogP contribution in [-0.4, -0.2) is 34.3 Å². The Morgan fingerprint density at radius 1 is 1.26 bits per heavy atom. The third kappa shape index (κ3) is 4.89. The molecule has 8 heteroatoms. The lowest BCUT2D eigenvalue weighted by atomic mass is 9.88. The van der Waals surface area contributed by atoms with Gasteiger partial charge in [0.2, 0.25) is 0 Å². The maximum Gasteiger partial charge on any atom is 0.254 e. The summed E-state index contributed by atoms with van der Waals surface area (Å²) in [4.78, 5) is 22.6. The monoisotopic (exact) mass is 408 g/mol. The number of hydrogen-bond acceptors (Lipinski definition) is 5. The highest BCUT2D eigenvalue weighted by atomic mass is 35.5. The van der Waals surface area contributed by atoms with Gasteiger partial charge in [0, 0.05) is 18.7 Å². The molecule has 1 heterocycles. The molecule has 144 valence electrons. The SMILES string of the molecule is CN(c1ccc(Cl)c(C(=O)NC(O)C2CCCCC2)c1)c1cncc(Cl)n1. The number of benzene rings is 1. The van der Waals surface area contributed by atoms with Crippen LogP contribution in [0.4, 0.5) is 11.5 Å². The van der Waals surface area contributed by atoms with Gasteiger partial charge >= 0.3 is 0 Å². The molecule has 1 saturated carbocycles. The number of rotatable bonds is 5. The predicted molar refractivity (Wildman–Crippen MR) is 107 cm³/mol. The lowest BCUT2D eigenvalue weighted by Crippen LogP contribution is -2.41. The van der Waals surface area contributed by atoms with Crippen LogP contribution >= 0.6 is 23.2 Å². The van der Waals surface area contributed by atoms with E-state index >= 15 is 0 Å². The van der Waals surface area contributed by atoms with Gasteiger partial charge in [-0.15, -0.1) is 0 Å². The first-order valence-electron chi connectivity index (χ1n) is 8.95. The van der Waals surface area contributed by atoms with E-state index in [9.17, 15) is 9.90 Å². The van der Waals surface area contributed by atoms with Gasteiger partial charge in [0.1, 0.15) is 11.4 Å². The van der Waals surface area contributed by atoms with E-state index in [0.29, 0.717) is 22.1 Å². The van der Waals surface area contributed by atoms with Crippen molar-refractivity contribution in [2.24, 2.45) is 5.92 Å². The summed E-state index contributed by atoms with van der Waals surface area (Å²) in [5, 5.41) is 13.6. The summed E-state index contributed by atoms with van der Waals surface area (Å²) in [6.45, 7) is 0. The maximum absolute atomic E-state index is 12.7. The molecule has 6 nitrogen and oxygen atoms in total. The molecule has 1 amide bonds. The predicted octanol–water partition coefficient (Wildman–Crippen LogP) is 4.18. The molecule has 0 bridgehead atoms. The number of halogens is 2. The number of anilines is 2. The average molecular weight is 409 g/mol. The molecule has 1 aliphatic rings. The highest BCUT2D eigenvalue weighted by molar-refractivity contribution is 6.34. The summed E-state index contributed by atoms with van der Waals surface area (Å²) in [6, 6.07) is 5.08. The third-order valence-electron chi connectivity index (χ3n) is 4.89. The van der Waals surface area contributed by atoms with E-state index in [4.69, 9.17) is 23.2 Å². The quantitative estimate of drug-likeness (QED) is 0.725. The minimum absolute atomic E-state index is 0.0917. The Bertz CT molecular complexity index is 812. The van der Waals surface area contributed by atoms with Crippen LogP contribution in [0.25, 0.3) is 0 Å². The van der Waals surface area contributed by atoms with Gasteiger partial charge in [0.05, 0.1) is 23.0 Å². The van der Waals surface area contributed by atoms with Crippen LogP contribution < -0.4 is 10.2 Å². The zero-order valence-corrected chi connectivity index (χ0v) is 16.5. The summed E-state index contributed by atoms with van der Waals surface area (Å²) >= 11 is 12.1. The number of aromatic nitrogens is 2. The Morgan fingerprint density at radius 2 is 2.00 bits per heavy atom. The maximum atomic E-state index is 12.7. The second kappa shape index (κ2) is 8.87. The minimum atomic E-state index is -0.867. The van der Waals surface area contributed by atoms with Crippen LogP contribution in [0, 0.1) is 5.92 Å². The molecule has 1 aliphatic carbocycles. The van der Waals surface area contributed by atoms with Gasteiger partial charge in [-0.3, -0.25) is 9.78 Å². The number of nitrogens with one attached hydrogen (secondary N) is 1. The lowest BCUT2D eigenvalue weighted by molar-refractivity contribution is 0.0463. The van der Waals surface area contributed by atoms with Gasteiger partial charge in [0.15, 0.2) is 5.82 Å². The van der Waals surface area contributed by atoms with Gasteiger partial charge < -0.3 is 15.3 Å². The molecule has 1 aromatic carbocycles. The molecule has 27 heavy (non-hydrogen) atoms. The normalized spacial score (nSPS) is 16.0. The second-order valence-electron chi connectivity index (χ2n) is 6.74. The van der Waals surface area contributed by atoms with Crippen LogP contribution in [0.15, 0.2) is 30.6 Å². The number of aliphatic hydroxyl groups excluding tert-OH is 1. The fourth-order valence-electron chi connectivity index (χ4n) is 3.30. The van der Waals surface area contributed by atoms with E-state index in [2.05, 4.69) is 15.3 Å². The summed E-state index contributed by atoms with van der Waals surface area (Å²) in [5.74, 6) is 0.234. The van der Waals surface area contributed by atoms with E-state index in [-0.39, 0.29) is 11.1 Å². The molecule has 1 aromatic heterocycles. The van der Waals surface area contributed by atoms with Crippen molar-refractivity contribution in [3.8, 4) is 0 Å². The molecule has 1 unspecified atom stereocenters. The largest absolute Gasteiger partial charge is 0.373 e. The Balaban J connectivity index is 1.77. The molecule has 2 aromatic rings. The zero-order valence-electron chi connectivity index (χ0n) is 15.0. The third-order valence-corrected chi connectivity index (χ3v) is 5.40. The highest BCUT2D eigenvalue weighted by Crippen LogP contribution is 2.28.